The Morgan fingerprint density at radius 2 is 1.81 bits per heavy atom. The number of nitrogens with one attached hydrogen (secondary N) is 1. The first kappa shape index (κ1) is 20.4. The van der Waals surface area contributed by atoms with Crippen LogP contribution in [0.15, 0.2) is 59.7 Å². The fraction of sp³-hybridized carbons (Fsp3) is 0.182. The molecule has 7 nitrogen and oxygen atoms in total. The number of carbonyl (C=O) groups is 1. The second-order valence-corrected chi connectivity index (χ2v) is 7.15. The summed E-state index contributed by atoms with van der Waals surface area (Å²) in [5.74, 6) is -1.62. The Kier molecular flexibility index (Phi) is 5.57. The second-order valence-electron chi connectivity index (χ2n) is 7.15. The van der Waals surface area contributed by atoms with Gasteiger partial charge in [0.15, 0.2) is 11.6 Å². The Morgan fingerprint density at radius 1 is 1.03 bits per heavy atom. The minimum Gasteiger partial charge on any atom is -0.326 e. The zero-order valence-electron chi connectivity index (χ0n) is 16.7. The molecular formula is C22H19F2N5O2. The number of carbonyl (C=O) groups excluding carboxylic acids is 1. The molecule has 158 valence electrons. The minimum atomic E-state index is -1.05. The normalized spacial score (nSPS) is 11.1. The molecule has 2 heterocycles. The van der Waals surface area contributed by atoms with E-state index in [1.165, 1.54) is 21.2 Å². The number of hydrogen-bond acceptors (Lipinski definition) is 4. The number of benzene rings is 2. The van der Waals surface area contributed by atoms with Gasteiger partial charge in [0.2, 0.25) is 11.6 Å². The van der Waals surface area contributed by atoms with E-state index in [-0.39, 0.29) is 23.7 Å². The molecule has 0 fully saturated rings. The van der Waals surface area contributed by atoms with Crippen molar-refractivity contribution in [2.75, 3.05) is 5.32 Å². The Labute approximate surface area is 176 Å². The van der Waals surface area contributed by atoms with Gasteiger partial charge in [-0.1, -0.05) is 17.7 Å². The number of anilines is 1. The average molecular weight is 423 g/mol. The van der Waals surface area contributed by atoms with Crippen LogP contribution in [0.2, 0.25) is 0 Å². The zero-order chi connectivity index (χ0) is 22.0. The number of nitrogens with zero attached hydrogens (tertiary/aromatic N) is 4. The van der Waals surface area contributed by atoms with Crippen LogP contribution in [-0.4, -0.2) is 25.1 Å². The number of halogens is 2. The van der Waals surface area contributed by atoms with Gasteiger partial charge in [-0.3, -0.25) is 18.6 Å². The maximum absolute atomic E-state index is 13.5. The first-order chi connectivity index (χ1) is 14.9. The van der Waals surface area contributed by atoms with Crippen molar-refractivity contribution in [1.29, 1.82) is 0 Å². The molecule has 1 amide bonds. The fourth-order valence-electron chi connectivity index (χ4n) is 3.21. The molecule has 0 spiro atoms. The van der Waals surface area contributed by atoms with Crippen molar-refractivity contribution in [3.8, 4) is 5.69 Å². The summed E-state index contributed by atoms with van der Waals surface area (Å²) in [5, 5.41) is 10.8. The number of aryl methyl sites for hydroxylation is 2. The van der Waals surface area contributed by atoms with Gasteiger partial charge in [-0.05, 0) is 37.6 Å². The molecule has 1 N–H and O–H groups in total. The third kappa shape index (κ3) is 4.35. The maximum atomic E-state index is 13.5. The predicted molar refractivity (Wildman–Crippen MR) is 111 cm³/mol. The third-order valence-corrected chi connectivity index (χ3v) is 4.86. The second kappa shape index (κ2) is 8.47. The monoisotopic (exact) mass is 423 g/mol. The summed E-state index contributed by atoms with van der Waals surface area (Å²) in [6.07, 6.45) is 4.27. The quantitative estimate of drug-likeness (QED) is 0.515. The van der Waals surface area contributed by atoms with Crippen molar-refractivity contribution in [2.45, 2.75) is 26.2 Å². The summed E-state index contributed by atoms with van der Waals surface area (Å²) in [5.41, 5.74) is 1.58. The number of fused-ring (bicyclic) bond motifs is 1. The SMILES string of the molecule is Cc1ccc(NC(=O)CCCc2nnc3c(=O)n(-c4ccc(F)c(F)c4)ccn23)cc1. The Bertz CT molecular complexity index is 1310. The average Bonchev–Trinajstić information content (AvgIpc) is 3.16. The molecule has 0 aliphatic heterocycles. The summed E-state index contributed by atoms with van der Waals surface area (Å²) in [6, 6.07) is 10.7. The first-order valence-corrected chi connectivity index (χ1v) is 9.69. The highest BCUT2D eigenvalue weighted by molar-refractivity contribution is 5.90. The van der Waals surface area contributed by atoms with Gasteiger partial charge in [0, 0.05) is 37.0 Å². The van der Waals surface area contributed by atoms with E-state index in [0.29, 0.717) is 18.7 Å². The van der Waals surface area contributed by atoms with Crippen LogP contribution in [-0.2, 0) is 11.2 Å². The van der Waals surface area contributed by atoms with E-state index in [1.54, 1.807) is 6.20 Å². The van der Waals surface area contributed by atoms with Crippen LogP contribution in [0.4, 0.5) is 14.5 Å². The van der Waals surface area contributed by atoms with Crippen molar-refractivity contribution >= 4 is 17.2 Å². The summed E-state index contributed by atoms with van der Waals surface area (Å²) in [6.45, 7) is 1.97. The molecule has 4 rings (SSSR count). The standard InChI is InChI=1S/C22H19F2N5O2/c1-14-5-7-15(8-6-14)25-20(30)4-2-3-19-26-27-21-22(31)28(11-12-29(19)21)16-9-10-17(23)18(24)13-16/h5-13H,2-4H2,1H3,(H,25,30). The molecule has 4 aromatic rings. The van der Waals surface area contributed by atoms with Crippen LogP contribution in [0.3, 0.4) is 0 Å². The van der Waals surface area contributed by atoms with Crippen molar-refractivity contribution in [3.63, 3.8) is 0 Å². The van der Waals surface area contributed by atoms with Crippen LogP contribution in [0, 0.1) is 18.6 Å². The molecule has 0 unspecified atom stereocenters. The van der Waals surface area contributed by atoms with E-state index in [9.17, 15) is 18.4 Å². The topological polar surface area (TPSA) is 81.3 Å². The van der Waals surface area contributed by atoms with Crippen molar-refractivity contribution in [1.82, 2.24) is 19.2 Å². The summed E-state index contributed by atoms with van der Waals surface area (Å²) < 4.78 is 29.4. The number of rotatable bonds is 6. The third-order valence-electron chi connectivity index (χ3n) is 4.86. The molecule has 0 atom stereocenters. The van der Waals surface area contributed by atoms with Gasteiger partial charge < -0.3 is 5.32 Å². The Balaban J connectivity index is 1.45. The lowest BCUT2D eigenvalue weighted by Crippen LogP contribution is -2.20. The lowest BCUT2D eigenvalue weighted by atomic mass is 10.2. The molecule has 2 aromatic carbocycles. The van der Waals surface area contributed by atoms with Crippen LogP contribution >= 0.6 is 0 Å². The van der Waals surface area contributed by atoms with Gasteiger partial charge in [-0.2, -0.15) is 0 Å². The Hall–Kier alpha value is -3.88. The van der Waals surface area contributed by atoms with Crippen LogP contribution in [0.25, 0.3) is 11.3 Å². The highest BCUT2D eigenvalue weighted by Gasteiger charge is 2.13. The van der Waals surface area contributed by atoms with Gasteiger partial charge in [-0.25, -0.2) is 8.78 Å². The number of aromatic nitrogens is 4. The maximum Gasteiger partial charge on any atom is 0.300 e. The molecule has 0 aliphatic carbocycles. The van der Waals surface area contributed by atoms with Crippen molar-refractivity contribution < 1.29 is 13.6 Å². The molecule has 0 radical (unpaired) electrons. The first-order valence-electron chi connectivity index (χ1n) is 9.69. The smallest absolute Gasteiger partial charge is 0.300 e. The lowest BCUT2D eigenvalue weighted by molar-refractivity contribution is -0.116. The zero-order valence-corrected chi connectivity index (χ0v) is 16.7. The molecular weight excluding hydrogens is 404 g/mol. The minimum absolute atomic E-state index is 0.0614. The van der Waals surface area contributed by atoms with E-state index in [2.05, 4.69) is 15.5 Å². The van der Waals surface area contributed by atoms with Gasteiger partial charge in [0.1, 0.15) is 5.82 Å². The van der Waals surface area contributed by atoms with E-state index >= 15 is 0 Å². The van der Waals surface area contributed by atoms with Gasteiger partial charge in [-0.15, -0.1) is 10.2 Å². The van der Waals surface area contributed by atoms with Gasteiger partial charge in [0.25, 0.3) is 0 Å². The van der Waals surface area contributed by atoms with Crippen molar-refractivity contribution in [2.24, 2.45) is 0 Å². The summed E-state index contributed by atoms with van der Waals surface area (Å²) in [4.78, 5) is 24.8. The van der Waals surface area contributed by atoms with Crippen LogP contribution < -0.4 is 10.9 Å². The molecule has 0 saturated heterocycles. The number of hydrogen-bond donors (Lipinski definition) is 1. The molecule has 0 aliphatic rings. The highest BCUT2D eigenvalue weighted by atomic mass is 19.2. The van der Waals surface area contributed by atoms with E-state index in [0.717, 1.165) is 23.4 Å². The Morgan fingerprint density at radius 3 is 2.55 bits per heavy atom. The molecule has 31 heavy (non-hydrogen) atoms. The lowest BCUT2D eigenvalue weighted by Gasteiger charge is -2.07. The van der Waals surface area contributed by atoms with E-state index in [1.807, 2.05) is 31.2 Å². The van der Waals surface area contributed by atoms with Crippen molar-refractivity contribution in [3.05, 3.63) is 88.2 Å². The van der Waals surface area contributed by atoms with Crippen LogP contribution in [0.1, 0.15) is 24.2 Å². The molecule has 0 saturated carbocycles. The molecule has 9 heteroatoms. The summed E-state index contributed by atoms with van der Waals surface area (Å²) >= 11 is 0. The van der Waals surface area contributed by atoms with Crippen LogP contribution in [0.5, 0.6) is 0 Å². The van der Waals surface area contributed by atoms with E-state index < -0.39 is 17.2 Å². The largest absolute Gasteiger partial charge is 0.326 e. The summed E-state index contributed by atoms with van der Waals surface area (Å²) in [7, 11) is 0. The predicted octanol–water partition coefficient (Wildman–Crippen LogP) is 3.43. The fourth-order valence-corrected chi connectivity index (χ4v) is 3.21. The van der Waals surface area contributed by atoms with E-state index in [4.69, 9.17) is 0 Å². The molecule has 2 aromatic heterocycles. The highest BCUT2D eigenvalue weighted by Crippen LogP contribution is 2.13. The van der Waals surface area contributed by atoms with Gasteiger partial charge in [0.05, 0.1) is 5.69 Å². The van der Waals surface area contributed by atoms with Gasteiger partial charge >= 0.3 is 5.56 Å². The number of amides is 1. The molecule has 0 bridgehead atoms.